The zero-order valence-electron chi connectivity index (χ0n) is 15.6. The summed E-state index contributed by atoms with van der Waals surface area (Å²) in [6.07, 6.45) is 1.66. The molecule has 0 radical (unpaired) electrons. The molecule has 146 valence electrons. The van der Waals surface area contributed by atoms with E-state index >= 15 is 0 Å². The van der Waals surface area contributed by atoms with E-state index in [4.69, 9.17) is 0 Å². The van der Waals surface area contributed by atoms with E-state index < -0.39 is 6.36 Å². The van der Waals surface area contributed by atoms with Crippen molar-refractivity contribution in [2.75, 3.05) is 13.6 Å². The number of benzene rings is 1. The third-order valence-electron chi connectivity index (χ3n) is 5.04. The standard InChI is InChI=1S/C21H20F3N3O/c1-14(15-5-8-25-9-6-15)12-27-19-4-3-16(28-21(22,23)24)11-17(19)18-13-26(2)10-7-20(18)27/h3-6,8-9,11-12H,7,10,13H2,1-2H3. The van der Waals surface area contributed by atoms with Crippen LogP contribution in [-0.2, 0) is 13.0 Å². The maximum atomic E-state index is 12.7. The van der Waals surface area contributed by atoms with Crippen molar-refractivity contribution in [3.05, 3.63) is 59.5 Å². The average molecular weight is 387 g/mol. The Hall–Kier alpha value is -2.80. The van der Waals surface area contributed by atoms with Crippen LogP contribution in [0.2, 0.25) is 0 Å². The quantitative estimate of drug-likeness (QED) is 0.638. The molecule has 0 saturated heterocycles. The van der Waals surface area contributed by atoms with Crippen molar-refractivity contribution in [1.82, 2.24) is 14.5 Å². The van der Waals surface area contributed by atoms with Crippen molar-refractivity contribution < 1.29 is 17.9 Å². The Morgan fingerprint density at radius 2 is 1.93 bits per heavy atom. The zero-order chi connectivity index (χ0) is 19.9. The molecule has 0 bridgehead atoms. The molecule has 0 amide bonds. The normalized spacial score (nSPS) is 15.7. The third kappa shape index (κ3) is 3.62. The first-order chi connectivity index (χ1) is 13.3. The van der Waals surface area contributed by atoms with Crippen molar-refractivity contribution in [3.8, 4) is 5.75 Å². The van der Waals surface area contributed by atoms with Crippen LogP contribution in [0.4, 0.5) is 13.2 Å². The number of hydrogen-bond acceptors (Lipinski definition) is 3. The van der Waals surface area contributed by atoms with Gasteiger partial charge in [0, 0.05) is 49.2 Å². The average Bonchev–Trinajstić information content (AvgIpc) is 2.94. The molecule has 0 saturated carbocycles. The largest absolute Gasteiger partial charge is 0.573 e. The molecular weight excluding hydrogens is 367 g/mol. The Morgan fingerprint density at radius 1 is 1.18 bits per heavy atom. The molecule has 4 nitrogen and oxygen atoms in total. The van der Waals surface area contributed by atoms with Crippen LogP contribution < -0.4 is 4.74 Å². The molecule has 0 N–H and O–H groups in total. The van der Waals surface area contributed by atoms with E-state index in [1.54, 1.807) is 18.5 Å². The summed E-state index contributed by atoms with van der Waals surface area (Å²) in [7, 11) is 2.01. The van der Waals surface area contributed by atoms with E-state index in [0.29, 0.717) is 6.54 Å². The number of rotatable bonds is 3. The number of hydrogen-bond donors (Lipinski definition) is 0. The second kappa shape index (κ2) is 6.98. The van der Waals surface area contributed by atoms with Gasteiger partial charge in [-0.2, -0.15) is 0 Å². The second-order valence-corrected chi connectivity index (χ2v) is 7.06. The van der Waals surface area contributed by atoms with E-state index in [2.05, 4.69) is 19.2 Å². The van der Waals surface area contributed by atoms with Crippen LogP contribution in [-0.4, -0.2) is 34.4 Å². The lowest BCUT2D eigenvalue weighted by atomic mass is 10.0. The number of allylic oxidation sites excluding steroid dienone is 1. The van der Waals surface area contributed by atoms with Gasteiger partial charge in [0.05, 0.1) is 5.52 Å². The van der Waals surface area contributed by atoms with Crippen LogP contribution in [0.3, 0.4) is 0 Å². The van der Waals surface area contributed by atoms with E-state index in [1.165, 1.54) is 12.1 Å². The highest BCUT2D eigenvalue weighted by Gasteiger charge is 2.31. The van der Waals surface area contributed by atoms with Crippen LogP contribution in [0.15, 0.2) is 42.7 Å². The van der Waals surface area contributed by atoms with Gasteiger partial charge >= 0.3 is 6.36 Å². The highest BCUT2D eigenvalue weighted by molar-refractivity contribution is 5.91. The molecule has 1 aromatic carbocycles. The Bertz CT molecular complexity index is 1040. The van der Waals surface area contributed by atoms with Gasteiger partial charge in [-0.15, -0.1) is 13.2 Å². The first kappa shape index (κ1) is 18.6. The minimum Gasteiger partial charge on any atom is -0.406 e. The van der Waals surface area contributed by atoms with Gasteiger partial charge in [-0.05, 0) is 61.0 Å². The molecule has 0 unspecified atom stereocenters. The molecular formula is C21H20F3N3O. The van der Waals surface area contributed by atoms with Gasteiger partial charge in [-0.25, -0.2) is 0 Å². The van der Waals surface area contributed by atoms with Gasteiger partial charge in [-0.3, -0.25) is 4.98 Å². The fourth-order valence-electron chi connectivity index (χ4n) is 3.73. The summed E-state index contributed by atoms with van der Waals surface area (Å²) in [6.45, 7) is 3.61. The van der Waals surface area contributed by atoms with Crippen molar-refractivity contribution >= 4 is 22.7 Å². The predicted octanol–water partition coefficient (Wildman–Crippen LogP) is 4.94. The Balaban J connectivity index is 1.86. The van der Waals surface area contributed by atoms with Gasteiger partial charge in [0.1, 0.15) is 5.75 Å². The van der Waals surface area contributed by atoms with Crippen LogP contribution in [0, 0.1) is 0 Å². The molecule has 28 heavy (non-hydrogen) atoms. The maximum Gasteiger partial charge on any atom is 0.573 e. The van der Waals surface area contributed by atoms with E-state index in [0.717, 1.165) is 46.3 Å². The van der Waals surface area contributed by atoms with E-state index in [-0.39, 0.29) is 5.75 Å². The molecule has 3 heterocycles. The lowest BCUT2D eigenvalue weighted by Crippen LogP contribution is -2.26. The number of likely N-dealkylation sites (N-methyl/N-ethyl adjacent to an activating group) is 1. The van der Waals surface area contributed by atoms with Gasteiger partial charge in [0.25, 0.3) is 0 Å². The molecule has 0 aliphatic carbocycles. The van der Waals surface area contributed by atoms with Crippen LogP contribution in [0.1, 0.15) is 23.7 Å². The SMILES string of the molecule is CC(=Cn1c2c(c3cc(OC(F)(F)F)ccc31)CN(C)CC2)c1ccncc1. The number of halogens is 3. The monoisotopic (exact) mass is 387 g/mol. The number of aromatic nitrogens is 2. The zero-order valence-corrected chi connectivity index (χ0v) is 15.6. The van der Waals surface area contributed by atoms with Crippen LogP contribution in [0.25, 0.3) is 22.7 Å². The number of alkyl halides is 3. The lowest BCUT2D eigenvalue weighted by Gasteiger charge is -2.23. The van der Waals surface area contributed by atoms with Crippen molar-refractivity contribution in [2.24, 2.45) is 0 Å². The summed E-state index contributed by atoms with van der Waals surface area (Å²) in [5.41, 5.74) is 5.16. The Kier molecular flexibility index (Phi) is 4.63. The minimum absolute atomic E-state index is 0.192. The number of fused-ring (bicyclic) bond motifs is 3. The topological polar surface area (TPSA) is 30.3 Å². The summed E-state index contributed by atoms with van der Waals surface area (Å²) in [4.78, 5) is 6.22. The summed E-state index contributed by atoms with van der Waals surface area (Å²) in [5, 5.41) is 0.794. The highest BCUT2D eigenvalue weighted by atomic mass is 19.4. The minimum atomic E-state index is -4.70. The van der Waals surface area contributed by atoms with Crippen LogP contribution in [0.5, 0.6) is 5.75 Å². The fraction of sp³-hybridized carbons (Fsp3) is 0.286. The van der Waals surface area contributed by atoms with Crippen molar-refractivity contribution in [3.63, 3.8) is 0 Å². The molecule has 1 aliphatic rings. The summed E-state index contributed by atoms with van der Waals surface area (Å²) >= 11 is 0. The molecule has 3 aromatic rings. The Morgan fingerprint density at radius 3 is 2.64 bits per heavy atom. The summed E-state index contributed by atoms with van der Waals surface area (Å²) < 4.78 is 44.2. The van der Waals surface area contributed by atoms with Gasteiger partial charge in [0.2, 0.25) is 0 Å². The van der Waals surface area contributed by atoms with E-state index in [1.807, 2.05) is 32.3 Å². The van der Waals surface area contributed by atoms with Crippen LogP contribution >= 0.6 is 0 Å². The van der Waals surface area contributed by atoms with Crippen molar-refractivity contribution in [2.45, 2.75) is 26.3 Å². The molecule has 7 heteroatoms. The van der Waals surface area contributed by atoms with Gasteiger partial charge in [-0.1, -0.05) is 0 Å². The number of ether oxygens (including phenoxy) is 1. The lowest BCUT2D eigenvalue weighted by molar-refractivity contribution is -0.274. The molecule has 0 atom stereocenters. The molecule has 4 rings (SSSR count). The van der Waals surface area contributed by atoms with Gasteiger partial charge in [0.15, 0.2) is 0 Å². The van der Waals surface area contributed by atoms with Crippen molar-refractivity contribution in [1.29, 1.82) is 0 Å². The molecule has 0 fully saturated rings. The highest BCUT2D eigenvalue weighted by Crippen LogP contribution is 2.35. The fourth-order valence-corrected chi connectivity index (χ4v) is 3.73. The summed E-state index contributed by atoms with van der Waals surface area (Å²) in [6, 6.07) is 8.44. The summed E-state index contributed by atoms with van der Waals surface area (Å²) in [5.74, 6) is -0.192. The van der Waals surface area contributed by atoms with E-state index in [9.17, 15) is 13.2 Å². The van der Waals surface area contributed by atoms with Gasteiger partial charge < -0.3 is 14.2 Å². The molecule has 1 aliphatic heterocycles. The molecule has 2 aromatic heterocycles. The first-order valence-electron chi connectivity index (χ1n) is 9.00. The third-order valence-corrected chi connectivity index (χ3v) is 5.04. The number of pyridine rings is 1. The maximum absolute atomic E-state index is 12.7. The first-order valence-corrected chi connectivity index (χ1v) is 9.00. The number of nitrogens with zero attached hydrogens (tertiary/aromatic N) is 3. The Labute approximate surface area is 160 Å². The molecule has 0 spiro atoms. The smallest absolute Gasteiger partial charge is 0.406 e. The second-order valence-electron chi connectivity index (χ2n) is 7.06. The predicted molar refractivity (Wildman–Crippen MR) is 103 cm³/mol.